The van der Waals surface area contributed by atoms with Gasteiger partial charge in [0.25, 0.3) is 0 Å². The van der Waals surface area contributed by atoms with Crippen molar-refractivity contribution in [1.29, 1.82) is 0 Å². The maximum Gasteiger partial charge on any atom is 0.335 e. The molecule has 5 heteroatoms. The lowest BCUT2D eigenvalue weighted by Crippen LogP contribution is -2.16. The van der Waals surface area contributed by atoms with Gasteiger partial charge in [-0.3, -0.25) is 4.79 Å². The Balaban J connectivity index is 2.82. The Morgan fingerprint density at radius 3 is 2.67 bits per heavy atom. The number of aryl methyl sites for hydroxylation is 1. The molecule has 0 fully saturated rings. The number of carbonyl (C=O) groups excluding carboxylic acids is 1. The van der Waals surface area contributed by atoms with E-state index < -0.39 is 5.97 Å². The van der Waals surface area contributed by atoms with Crippen LogP contribution in [0.3, 0.4) is 0 Å². The number of hydrogen-bond donors (Lipinski definition) is 1. The Kier molecular flexibility index (Phi) is 5.22. The molecule has 1 aromatic carbocycles. The van der Waals surface area contributed by atoms with Crippen molar-refractivity contribution in [2.75, 3.05) is 6.61 Å². The average molecular weight is 268 g/mol. The molecule has 0 heterocycles. The predicted octanol–water partition coefficient (Wildman–Crippen LogP) is 2.74. The minimum Gasteiger partial charge on any atom is -0.478 e. The highest BCUT2D eigenvalue weighted by atomic mass is 32.2. The van der Waals surface area contributed by atoms with E-state index in [-0.39, 0.29) is 16.8 Å². The van der Waals surface area contributed by atoms with Gasteiger partial charge in [0, 0.05) is 4.90 Å². The first-order chi connectivity index (χ1) is 8.45. The fraction of sp³-hybridized carbons (Fsp3) is 0.385. The fourth-order valence-corrected chi connectivity index (χ4v) is 2.32. The van der Waals surface area contributed by atoms with Crippen LogP contribution in [0.15, 0.2) is 23.1 Å². The van der Waals surface area contributed by atoms with Gasteiger partial charge in [0.2, 0.25) is 0 Å². The number of esters is 1. The van der Waals surface area contributed by atoms with Crippen molar-refractivity contribution in [1.82, 2.24) is 0 Å². The molecular formula is C13H16O4S. The van der Waals surface area contributed by atoms with Crippen molar-refractivity contribution in [2.45, 2.75) is 30.9 Å². The molecule has 1 rings (SSSR count). The number of thioether (sulfide) groups is 1. The van der Waals surface area contributed by atoms with E-state index in [1.165, 1.54) is 11.8 Å². The fourth-order valence-electron chi connectivity index (χ4n) is 1.42. The summed E-state index contributed by atoms with van der Waals surface area (Å²) < 4.78 is 4.90. The number of carboxylic acids is 1. The Labute approximate surface area is 110 Å². The Morgan fingerprint density at radius 2 is 2.11 bits per heavy atom. The molecule has 0 amide bonds. The van der Waals surface area contributed by atoms with Crippen LogP contribution in [0.25, 0.3) is 0 Å². The predicted molar refractivity (Wildman–Crippen MR) is 70.1 cm³/mol. The number of ether oxygens (including phenoxy) is 1. The molecule has 1 atom stereocenters. The highest BCUT2D eigenvalue weighted by Crippen LogP contribution is 2.26. The van der Waals surface area contributed by atoms with Gasteiger partial charge in [0.15, 0.2) is 0 Å². The Hall–Kier alpha value is -1.49. The van der Waals surface area contributed by atoms with Crippen molar-refractivity contribution in [2.24, 2.45) is 0 Å². The smallest absolute Gasteiger partial charge is 0.335 e. The molecule has 0 radical (unpaired) electrons. The van der Waals surface area contributed by atoms with E-state index in [0.717, 1.165) is 4.90 Å². The lowest BCUT2D eigenvalue weighted by atomic mass is 10.1. The molecule has 0 bridgehead atoms. The van der Waals surface area contributed by atoms with Crippen molar-refractivity contribution < 1.29 is 19.4 Å². The summed E-state index contributed by atoms with van der Waals surface area (Å²) in [6.45, 7) is 5.58. The number of carbonyl (C=O) groups is 2. The van der Waals surface area contributed by atoms with Crippen LogP contribution in [0.2, 0.25) is 0 Å². The van der Waals surface area contributed by atoms with E-state index in [2.05, 4.69) is 0 Å². The molecule has 0 aliphatic carbocycles. The molecular weight excluding hydrogens is 252 g/mol. The van der Waals surface area contributed by atoms with Crippen LogP contribution in [0.1, 0.15) is 29.8 Å². The molecule has 0 aliphatic heterocycles. The minimum absolute atomic E-state index is 0.260. The topological polar surface area (TPSA) is 63.6 Å². The van der Waals surface area contributed by atoms with Gasteiger partial charge in [-0.05, 0) is 38.5 Å². The summed E-state index contributed by atoms with van der Waals surface area (Å²) in [5.41, 5.74) is 0.965. The molecule has 0 spiro atoms. The van der Waals surface area contributed by atoms with Gasteiger partial charge >= 0.3 is 11.9 Å². The summed E-state index contributed by atoms with van der Waals surface area (Å²) in [7, 11) is 0. The van der Waals surface area contributed by atoms with E-state index in [0.29, 0.717) is 12.2 Å². The lowest BCUT2D eigenvalue weighted by Gasteiger charge is -2.11. The zero-order valence-corrected chi connectivity index (χ0v) is 11.4. The first-order valence-electron chi connectivity index (χ1n) is 5.63. The third-order valence-electron chi connectivity index (χ3n) is 2.37. The van der Waals surface area contributed by atoms with E-state index in [9.17, 15) is 9.59 Å². The van der Waals surface area contributed by atoms with Crippen LogP contribution in [-0.4, -0.2) is 28.9 Å². The standard InChI is InChI=1S/C13H16O4S/c1-4-17-13(16)9(3)18-10-6-5-8(2)11(7-10)12(14)15/h5-7,9H,4H2,1-3H3,(H,14,15). The first kappa shape index (κ1) is 14.6. The third kappa shape index (κ3) is 3.77. The van der Waals surface area contributed by atoms with Gasteiger partial charge in [-0.1, -0.05) is 6.07 Å². The van der Waals surface area contributed by atoms with Gasteiger partial charge in [-0.2, -0.15) is 0 Å². The highest BCUT2D eigenvalue weighted by Gasteiger charge is 2.16. The van der Waals surface area contributed by atoms with Crippen LogP contribution in [0.5, 0.6) is 0 Å². The SMILES string of the molecule is CCOC(=O)C(C)Sc1ccc(C)c(C(=O)O)c1. The van der Waals surface area contributed by atoms with Gasteiger partial charge in [0.1, 0.15) is 5.25 Å². The molecule has 0 saturated carbocycles. The van der Waals surface area contributed by atoms with Crippen LogP contribution in [0.4, 0.5) is 0 Å². The number of rotatable bonds is 5. The molecule has 98 valence electrons. The highest BCUT2D eigenvalue weighted by molar-refractivity contribution is 8.00. The summed E-state index contributed by atoms with van der Waals surface area (Å²) in [6.07, 6.45) is 0. The number of carboxylic acid groups (broad SMARTS) is 1. The van der Waals surface area contributed by atoms with E-state index in [4.69, 9.17) is 9.84 Å². The molecule has 0 aliphatic rings. The summed E-state index contributed by atoms with van der Waals surface area (Å²) in [5, 5.41) is 8.66. The summed E-state index contributed by atoms with van der Waals surface area (Å²) in [6, 6.07) is 5.13. The second kappa shape index (κ2) is 6.44. The normalized spacial score (nSPS) is 11.9. The van der Waals surface area contributed by atoms with E-state index in [1.807, 2.05) is 6.07 Å². The molecule has 1 N–H and O–H groups in total. The molecule has 1 unspecified atom stereocenters. The summed E-state index contributed by atoms with van der Waals surface area (Å²) >= 11 is 1.29. The molecule has 4 nitrogen and oxygen atoms in total. The first-order valence-corrected chi connectivity index (χ1v) is 6.51. The van der Waals surface area contributed by atoms with Crippen LogP contribution >= 0.6 is 11.8 Å². The monoisotopic (exact) mass is 268 g/mol. The largest absolute Gasteiger partial charge is 0.478 e. The maximum absolute atomic E-state index is 11.5. The molecule has 18 heavy (non-hydrogen) atoms. The average Bonchev–Trinajstić information content (AvgIpc) is 2.31. The zero-order valence-electron chi connectivity index (χ0n) is 10.6. The molecule has 0 aromatic heterocycles. The molecule has 1 aromatic rings. The second-order valence-electron chi connectivity index (χ2n) is 3.79. The van der Waals surface area contributed by atoms with E-state index in [1.54, 1.807) is 32.9 Å². The van der Waals surface area contributed by atoms with Crippen molar-refractivity contribution >= 4 is 23.7 Å². The van der Waals surface area contributed by atoms with Crippen molar-refractivity contribution in [3.8, 4) is 0 Å². The van der Waals surface area contributed by atoms with Crippen LogP contribution in [0, 0.1) is 6.92 Å². The number of hydrogen-bond acceptors (Lipinski definition) is 4. The Morgan fingerprint density at radius 1 is 1.44 bits per heavy atom. The second-order valence-corrected chi connectivity index (χ2v) is 5.21. The van der Waals surface area contributed by atoms with Crippen molar-refractivity contribution in [3.63, 3.8) is 0 Å². The van der Waals surface area contributed by atoms with Gasteiger partial charge in [-0.15, -0.1) is 11.8 Å². The number of aromatic carboxylic acids is 1. The van der Waals surface area contributed by atoms with E-state index >= 15 is 0 Å². The minimum atomic E-state index is -0.960. The third-order valence-corrected chi connectivity index (χ3v) is 3.44. The quantitative estimate of drug-likeness (QED) is 0.657. The Bertz CT molecular complexity index is 456. The molecule has 0 saturated heterocycles. The van der Waals surface area contributed by atoms with Crippen LogP contribution < -0.4 is 0 Å². The van der Waals surface area contributed by atoms with Gasteiger partial charge in [-0.25, -0.2) is 4.79 Å². The lowest BCUT2D eigenvalue weighted by molar-refractivity contribution is -0.142. The summed E-state index contributed by atoms with van der Waals surface area (Å²) in [4.78, 5) is 23.2. The maximum atomic E-state index is 11.5. The summed E-state index contributed by atoms with van der Waals surface area (Å²) in [5.74, 6) is -1.25. The van der Waals surface area contributed by atoms with Gasteiger partial charge < -0.3 is 9.84 Å². The van der Waals surface area contributed by atoms with Gasteiger partial charge in [0.05, 0.1) is 12.2 Å². The van der Waals surface area contributed by atoms with Crippen LogP contribution in [-0.2, 0) is 9.53 Å². The van der Waals surface area contributed by atoms with Crippen molar-refractivity contribution in [3.05, 3.63) is 29.3 Å². The number of benzene rings is 1. The zero-order chi connectivity index (χ0) is 13.7.